The first-order valence-electron chi connectivity index (χ1n) is 5.33. The van der Waals surface area contributed by atoms with Crippen LogP contribution in [0.1, 0.15) is 18.4 Å². The van der Waals surface area contributed by atoms with Crippen molar-refractivity contribution in [1.82, 2.24) is 4.90 Å². The Kier molecular flexibility index (Phi) is 3.56. The van der Waals surface area contributed by atoms with E-state index in [-0.39, 0.29) is 5.82 Å². The Morgan fingerprint density at radius 2 is 2.00 bits per heavy atom. The van der Waals surface area contributed by atoms with E-state index in [1.54, 1.807) is 6.07 Å². The van der Waals surface area contributed by atoms with Crippen LogP contribution in [0.5, 0.6) is 0 Å². The van der Waals surface area contributed by atoms with E-state index in [0.717, 1.165) is 18.7 Å². The lowest BCUT2D eigenvalue weighted by Gasteiger charge is -2.26. The highest BCUT2D eigenvalue weighted by Crippen LogP contribution is 2.20. The lowest BCUT2D eigenvalue weighted by Crippen LogP contribution is -2.33. The van der Waals surface area contributed by atoms with Crippen LogP contribution in [0.2, 0.25) is 5.02 Å². The summed E-state index contributed by atoms with van der Waals surface area (Å²) in [5.74, 6) is 0.00373. The summed E-state index contributed by atoms with van der Waals surface area (Å²) in [6, 6.07) is 4.44. The zero-order valence-corrected chi connectivity index (χ0v) is 9.63. The molecule has 2 nitrogen and oxygen atoms in total. The average molecular weight is 242 g/mol. The van der Waals surface area contributed by atoms with E-state index in [1.807, 2.05) is 0 Å². The molecular formula is C12H13ClFNO. The zero-order valence-electron chi connectivity index (χ0n) is 8.88. The monoisotopic (exact) mass is 241 g/mol. The van der Waals surface area contributed by atoms with Gasteiger partial charge in [-0.05, 0) is 17.7 Å². The Labute approximate surface area is 99.0 Å². The first-order chi connectivity index (χ1) is 7.65. The number of carbonyl (C=O) groups is 1. The van der Waals surface area contributed by atoms with Crippen LogP contribution in [0.4, 0.5) is 4.39 Å². The van der Waals surface area contributed by atoms with Crippen molar-refractivity contribution >= 4 is 17.4 Å². The number of piperidine rings is 1. The van der Waals surface area contributed by atoms with Gasteiger partial charge in [-0.3, -0.25) is 9.69 Å². The van der Waals surface area contributed by atoms with Crippen molar-refractivity contribution in [2.45, 2.75) is 19.4 Å². The number of hydrogen-bond donors (Lipinski definition) is 0. The SMILES string of the molecule is O=C1CCN(Cc2ccc(F)cc2Cl)CC1. The number of ketones is 1. The van der Waals surface area contributed by atoms with Crippen LogP contribution in [0, 0.1) is 5.82 Å². The smallest absolute Gasteiger partial charge is 0.135 e. The van der Waals surface area contributed by atoms with Crippen LogP contribution in [-0.4, -0.2) is 23.8 Å². The second-order valence-electron chi connectivity index (χ2n) is 4.05. The Hall–Kier alpha value is -0.930. The molecule has 0 atom stereocenters. The maximum absolute atomic E-state index is 12.8. The van der Waals surface area contributed by atoms with Gasteiger partial charge in [0.25, 0.3) is 0 Å². The molecule has 0 saturated carbocycles. The maximum Gasteiger partial charge on any atom is 0.135 e. The quantitative estimate of drug-likeness (QED) is 0.794. The third kappa shape index (κ3) is 2.80. The molecule has 2 rings (SSSR count). The molecule has 16 heavy (non-hydrogen) atoms. The Morgan fingerprint density at radius 1 is 1.31 bits per heavy atom. The van der Waals surface area contributed by atoms with Crippen LogP contribution in [-0.2, 0) is 11.3 Å². The van der Waals surface area contributed by atoms with E-state index in [0.29, 0.717) is 30.2 Å². The molecule has 0 bridgehead atoms. The number of likely N-dealkylation sites (tertiary alicyclic amines) is 1. The first-order valence-corrected chi connectivity index (χ1v) is 5.71. The Morgan fingerprint density at radius 3 is 2.62 bits per heavy atom. The minimum Gasteiger partial charge on any atom is -0.300 e. The number of Topliss-reactive ketones (excluding diaryl/α,β-unsaturated/α-hetero) is 1. The van der Waals surface area contributed by atoms with Crippen molar-refractivity contribution in [3.8, 4) is 0 Å². The summed E-state index contributed by atoms with van der Waals surface area (Å²) >= 11 is 5.94. The number of benzene rings is 1. The van der Waals surface area contributed by atoms with E-state index in [1.165, 1.54) is 12.1 Å². The van der Waals surface area contributed by atoms with Crippen molar-refractivity contribution in [3.63, 3.8) is 0 Å². The van der Waals surface area contributed by atoms with Crippen molar-refractivity contribution < 1.29 is 9.18 Å². The number of nitrogens with zero attached hydrogens (tertiary/aromatic N) is 1. The molecule has 86 valence electrons. The summed E-state index contributed by atoms with van der Waals surface area (Å²) in [5.41, 5.74) is 0.914. The van der Waals surface area contributed by atoms with Gasteiger partial charge >= 0.3 is 0 Å². The van der Waals surface area contributed by atoms with Gasteiger partial charge in [0, 0.05) is 37.5 Å². The highest BCUT2D eigenvalue weighted by molar-refractivity contribution is 6.31. The maximum atomic E-state index is 12.8. The number of halogens is 2. The second kappa shape index (κ2) is 4.93. The summed E-state index contributed by atoms with van der Waals surface area (Å²) < 4.78 is 12.8. The van der Waals surface area contributed by atoms with Crippen LogP contribution in [0.25, 0.3) is 0 Å². The summed E-state index contributed by atoms with van der Waals surface area (Å²) in [5, 5.41) is 0.455. The molecule has 1 heterocycles. The van der Waals surface area contributed by atoms with Gasteiger partial charge in [-0.1, -0.05) is 17.7 Å². The highest BCUT2D eigenvalue weighted by atomic mass is 35.5. The van der Waals surface area contributed by atoms with Crippen molar-refractivity contribution in [2.24, 2.45) is 0 Å². The van der Waals surface area contributed by atoms with Crippen molar-refractivity contribution in [2.75, 3.05) is 13.1 Å². The van der Waals surface area contributed by atoms with Gasteiger partial charge < -0.3 is 0 Å². The fraction of sp³-hybridized carbons (Fsp3) is 0.417. The molecule has 1 aliphatic heterocycles. The van der Waals surface area contributed by atoms with Gasteiger partial charge in [0.15, 0.2) is 0 Å². The van der Waals surface area contributed by atoms with Crippen LogP contribution < -0.4 is 0 Å². The normalized spacial score (nSPS) is 17.8. The third-order valence-corrected chi connectivity index (χ3v) is 3.17. The van der Waals surface area contributed by atoms with E-state index in [2.05, 4.69) is 4.90 Å². The van der Waals surface area contributed by atoms with E-state index in [4.69, 9.17) is 11.6 Å². The van der Waals surface area contributed by atoms with Crippen LogP contribution in [0.3, 0.4) is 0 Å². The number of rotatable bonds is 2. The third-order valence-electron chi connectivity index (χ3n) is 2.82. The molecule has 0 unspecified atom stereocenters. The minimum absolute atomic E-state index is 0.317. The largest absolute Gasteiger partial charge is 0.300 e. The fourth-order valence-electron chi connectivity index (χ4n) is 1.85. The van der Waals surface area contributed by atoms with Gasteiger partial charge in [0.1, 0.15) is 11.6 Å². The topological polar surface area (TPSA) is 20.3 Å². The van der Waals surface area contributed by atoms with Gasteiger partial charge in [-0.15, -0.1) is 0 Å². The standard InChI is InChI=1S/C12H13ClFNO/c13-12-7-10(14)2-1-9(12)8-15-5-3-11(16)4-6-15/h1-2,7H,3-6,8H2. The van der Waals surface area contributed by atoms with Crippen molar-refractivity contribution in [3.05, 3.63) is 34.6 Å². The minimum atomic E-state index is -0.317. The van der Waals surface area contributed by atoms with Crippen LogP contribution >= 0.6 is 11.6 Å². The van der Waals surface area contributed by atoms with E-state index < -0.39 is 0 Å². The predicted molar refractivity (Wildman–Crippen MR) is 60.9 cm³/mol. The molecule has 0 amide bonds. The molecule has 1 aromatic carbocycles. The molecule has 1 aliphatic rings. The summed E-state index contributed by atoms with van der Waals surface area (Å²) in [6.45, 7) is 2.23. The second-order valence-corrected chi connectivity index (χ2v) is 4.46. The Balaban J connectivity index is 2.01. The molecule has 0 N–H and O–H groups in total. The van der Waals surface area contributed by atoms with Crippen molar-refractivity contribution in [1.29, 1.82) is 0 Å². The van der Waals surface area contributed by atoms with Gasteiger partial charge in [-0.2, -0.15) is 0 Å². The molecular weight excluding hydrogens is 229 g/mol. The summed E-state index contributed by atoms with van der Waals surface area (Å²) in [6.07, 6.45) is 1.22. The lowest BCUT2D eigenvalue weighted by molar-refractivity contribution is -0.121. The Bertz CT molecular complexity index is 398. The van der Waals surface area contributed by atoms with E-state index >= 15 is 0 Å². The molecule has 0 spiro atoms. The summed E-state index contributed by atoms with van der Waals surface area (Å²) in [7, 11) is 0. The molecule has 1 saturated heterocycles. The average Bonchev–Trinajstić information content (AvgIpc) is 2.25. The molecule has 1 fully saturated rings. The number of carbonyl (C=O) groups excluding carboxylic acids is 1. The predicted octanol–water partition coefficient (Wildman–Crippen LogP) is 2.64. The van der Waals surface area contributed by atoms with E-state index in [9.17, 15) is 9.18 Å². The molecule has 0 aromatic heterocycles. The zero-order chi connectivity index (χ0) is 11.5. The van der Waals surface area contributed by atoms with Gasteiger partial charge in [-0.25, -0.2) is 4.39 Å². The fourth-order valence-corrected chi connectivity index (χ4v) is 2.08. The first kappa shape index (κ1) is 11.6. The molecule has 0 radical (unpaired) electrons. The van der Waals surface area contributed by atoms with Crippen LogP contribution in [0.15, 0.2) is 18.2 Å². The lowest BCUT2D eigenvalue weighted by atomic mass is 10.1. The molecule has 0 aliphatic carbocycles. The molecule has 4 heteroatoms. The summed E-state index contributed by atoms with van der Waals surface area (Å²) in [4.78, 5) is 13.2. The van der Waals surface area contributed by atoms with Gasteiger partial charge in [0.05, 0.1) is 0 Å². The number of hydrogen-bond acceptors (Lipinski definition) is 2. The highest BCUT2D eigenvalue weighted by Gasteiger charge is 2.16. The molecule has 1 aromatic rings. The van der Waals surface area contributed by atoms with Gasteiger partial charge in [0.2, 0.25) is 0 Å².